The Morgan fingerprint density at radius 1 is 1.20 bits per heavy atom. The highest BCUT2D eigenvalue weighted by atomic mass is 35.5. The van der Waals surface area contributed by atoms with E-state index in [4.69, 9.17) is 20.8 Å². The maximum absolute atomic E-state index is 6.72. The van der Waals surface area contributed by atoms with Crippen LogP contribution in [0.1, 0.15) is 63.2 Å². The predicted molar refractivity (Wildman–Crippen MR) is 122 cm³/mol. The van der Waals surface area contributed by atoms with E-state index in [0.29, 0.717) is 5.41 Å². The number of rotatable bonds is 7. The van der Waals surface area contributed by atoms with Gasteiger partial charge < -0.3 is 25.1 Å². The molecule has 1 spiro atoms. The highest BCUT2D eigenvalue weighted by Gasteiger charge is 2.43. The molecule has 0 unspecified atom stereocenters. The van der Waals surface area contributed by atoms with Crippen molar-refractivity contribution in [1.29, 1.82) is 0 Å². The Kier molecular flexibility index (Phi) is 5.24. The number of hydrogen-bond acceptors (Lipinski definition) is 5. The second kappa shape index (κ2) is 7.77. The number of benzene rings is 1. The van der Waals surface area contributed by atoms with E-state index in [9.17, 15) is 0 Å². The molecule has 2 heterocycles. The zero-order valence-electron chi connectivity index (χ0n) is 17.8. The summed E-state index contributed by atoms with van der Waals surface area (Å²) < 4.78 is 12.1. The van der Waals surface area contributed by atoms with E-state index in [2.05, 4.69) is 35.5 Å². The van der Waals surface area contributed by atoms with E-state index in [1.54, 1.807) is 0 Å². The Morgan fingerprint density at radius 2 is 2.00 bits per heavy atom. The number of hydrogen-bond donors (Lipinski definition) is 3. The van der Waals surface area contributed by atoms with E-state index in [1.165, 1.54) is 37.7 Å². The summed E-state index contributed by atoms with van der Waals surface area (Å²) in [5.74, 6) is 1.78. The topological polar surface area (TPSA) is 58.5 Å². The van der Waals surface area contributed by atoms with Crippen LogP contribution in [0.5, 0.6) is 0 Å². The second-order valence-electron chi connectivity index (χ2n) is 9.35. The first kappa shape index (κ1) is 20.2. The molecule has 30 heavy (non-hydrogen) atoms. The van der Waals surface area contributed by atoms with Gasteiger partial charge in [0.2, 0.25) is 0 Å². The van der Waals surface area contributed by atoms with Crippen molar-refractivity contribution in [3.8, 4) is 0 Å². The van der Waals surface area contributed by atoms with Crippen molar-refractivity contribution in [3.63, 3.8) is 0 Å². The molecule has 2 fully saturated rings. The Hall–Kier alpha value is -1.69. The first-order chi connectivity index (χ1) is 14.5. The molecule has 1 aromatic heterocycles. The van der Waals surface area contributed by atoms with Gasteiger partial charge in [-0.15, -0.1) is 0 Å². The fourth-order valence-corrected chi connectivity index (χ4v) is 5.51. The maximum atomic E-state index is 6.72. The molecule has 1 aliphatic heterocycles. The van der Waals surface area contributed by atoms with E-state index in [0.717, 1.165) is 72.4 Å². The Labute approximate surface area is 183 Å². The normalized spacial score (nSPS) is 21.3. The van der Waals surface area contributed by atoms with Crippen LogP contribution in [0.2, 0.25) is 5.02 Å². The average Bonchev–Trinajstić information content (AvgIpc) is 3.38. The summed E-state index contributed by atoms with van der Waals surface area (Å²) in [4.78, 5) is 0. The fraction of sp³-hybridized carbons (Fsp3) is 0.583. The standard InChI is InChI=1S/C24H32ClN3O2/c1-3-29-15-23(9-10-23)14-26-13-18-11-17-12-19(25)21-20(22(17)30-18)24(28-16(2)27-21)7-5-4-6-8-24/h11-12,26-28H,2-10,13-15H2,1H3. The Balaban J connectivity index is 1.42. The van der Waals surface area contributed by atoms with Crippen LogP contribution >= 0.6 is 11.6 Å². The summed E-state index contributed by atoms with van der Waals surface area (Å²) in [6.07, 6.45) is 8.31. The van der Waals surface area contributed by atoms with Gasteiger partial charge in [0.1, 0.15) is 11.3 Å². The Bertz CT molecular complexity index is 957. The quantitative estimate of drug-likeness (QED) is 0.531. The lowest BCUT2D eigenvalue weighted by atomic mass is 9.74. The monoisotopic (exact) mass is 429 g/mol. The van der Waals surface area contributed by atoms with E-state index in [-0.39, 0.29) is 5.54 Å². The van der Waals surface area contributed by atoms with E-state index >= 15 is 0 Å². The molecule has 2 aromatic rings. The maximum Gasteiger partial charge on any atom is 0.142 e. The minimum Gasteiger partial charge on any atom is -0.459 e. The number of ether oxygens (including phenoxy) is 1. The number of anilines is 1. The third-order valence-electron chi connectivity index (χ3n) is 7.03. The third kappa shape index (κ3) is 3.61. The molecule has 5 rings (SSSR count). The second-order valence-corrected chi connectivity index (χ2v) is 9.76. The lowest BCUT2D eigenvalue weighted by molar-refractivity contribution is 0.0996. The third-order valence-corrected chi connectivity index (χ3v) is 7.33. The van der Waals surface area contributed by atoms with Crippen LogP contribution in [0.4, 0.5) is 5.69 Å². The predicted octanol–water partition coefficient (Wildman–Crippen LogP) is 5.64. The van der Waals surface area contributed by atoms with Crippen molar-refractivity contribution >= 4 is 28.3 Å². The van der Waals surface area contributed by atoms with Gasteiger partial charge in [0, 0.05) is 29.5 Å². The highest BCUT2D eigenvalue weighted by molar-refractivity contribution is 6.34. The molecule has 2 saturated carbocycles. The summed E-state index contributed by atoms with van der Waals surface area (Å²) in [5.41, 5.74) is 3.27. The van der Waals surface area contributed by atoms with Crippen molar-refractivity contribution in [3.05, 3.63) is 40.9 Å². The first-order valence-corrected chi connectivity index (χ1v) is 11.7. The van der Waals surface area contributed by atoms with Gasteiger partial charge in [0.05, 0.1) is 35.2 Å². The molecular weight excluding hydrogens is 398 g/mol. The summed E-state index contributed by atoms with van der Waals surface area (Å²) >= 11 is 6.72. The van der Waals surface area contributed by atoms with E-state index < -0.39 is 0 Å². The smallest absolute Gasteiger partial charge is 0.142 e. The fourth-order valence-electron chi connectivity index (χ4n) is 5.25. The zero-order valence-corrected chi connectivity index (χ0v) is 18.6. The summed E-state index contributed by atoms with van der Waals surface area (Å²) in [6.45, 7) is 9.53. The molecule has 3 N–H and O–H groups in total. The molecule has 0 bridgehead atoms. The lowest BCUT2D eigenvalue weighted by Gasteiger charge is -2.44. The molecule has 5 nitrogen and oxygen atoms in total. The van der Waals surface area contributed by atoms with Crippen LogP contribution in [0.25, 0.3) is 11.0 Å². The van der Waals surface area contributed by atoms with Gasteiger partial charge in [-0.05, 0) is 44.7 Å². The minimum atomic E-state index is -0.142. The highest BCUT2D eigenvalue weighted by Crippen LogP contribution is 2.50. The molecule has 1 aromatic carbocycles. The molecule has 0 amide bonds. The molecule has 3 aliphatic rings. The van der Waals surface area contributed by atoms with Crippen molar-refractivity contribution in [1.82, 2.24) is 10.6 Å². The largest absolute Gasteiger partial charge is 0.459 e. The van der Waals surface area contributed by atoms with Gasteiger partial charge in [-0.1, -0.05) is 37.4 Å². The van der Waals surface area contributed by atoms with Crippen molar-refractivity contribution in [2.75, 3.05) is 25.1 Å². The van der Waals surface area contributed by atoms with Gasteiger partial charge >= 0.3 is 0 Å². The van der Waals surface area contributed by atoms with Gasteiger partial charge in [-0.2, -0.15) is 0 Å². The zero-order chi connectivity index (χ0) is 20.8. The van der Waals surface area contributed by atoms with Gasteiger partial charge in [-0.3, -0.25) is 0 Å². The lowest BCUT2D eigenvalue weighted by Crippen LogP contribution is -2.48. The van der Waals surface area contributed by atoms with Gasteiger partial charge in [0.15, 0.2) is 0 Å². The van der Waals surface area contributed by atoms with Crippen molar-refractivity contribution in [2.24, 2.45) is 5.41 Å². The molecular formula is C24H32ClN3O2. The SMILES string of the molecule is C=C1Nc2c(Cl)cc3cc(CNCC4(COCC)CC4)oc3c2C2(CCCCC2)N1. The van der Waals surface area contributed by atoms with Crippen LogP contribution in [0, 0.1) is 5.41 Å². The molecule has 0 saturated heterocycles. The van der Waals surface area contributed by atoms with Crippen LogP contribution < -0.4 is 16.0 Å². The van der Waals surface area contributed by atoms with Crippen LogP contribution in [-0.2, 0) is 16.8 Å². The number of halogens is 1. The number of furan rings is 1. The molecule has 0 radical (unpaired) electrons. The van der Waals surface area contributed by atoms with Crippen molar-refractivity contribution in [2.45, 2.75) is 64.0 Å². The summed E-state index contributed by atoms with van der Waals surface area (Å²) in [5, 5.41) is 12.4. The minimum absolute atomic E-state index is 0.142. The summed E-state index contributed by atoms with van der Waals surface area (Å²) in [7, 11) is 0. The number of fused-ring (bicyclic) bond motifs is 4. The summed E-state index contributed by atoms with van der Waals surface area (Å²) in [6, 6.07) is 4.15. The first-order valence-electron chi connectivity index (χ1n) is 11.3. The van der Waals surface area contributed by atoms with Gasteiger partial charge in [0.25, 0.3) is 0 Å². The van der Waals surface area contributed by atoms with Crippen LogP contribution in [0.3, 0.4) is 0 Å². The molecule has 6 heteroatoms. The average molecular weight is 430 g/mol. The van der Waals surface area contributed by atoms with Crippen LogP contribution in [-0.4, -0.2) is 19.8 Å². The van der Waals surface area contributed by atoms with Crippen molar-refractivity contribution < 1.29 is 9.15 Å². The Morgan fingerprint density at radius 3 is 2.73 bits per heavy atom. The van der Waals surface area contributed by atoms with E-state index in [1.807, 2.05) is 6.07 Å². The number of nitrogens with one attached hydrogen (secondary N) is 3. The van der Waals surface area contributed by atoms with Crippen LogP contribution in [0.15, 0.2) is 28.9 Å². The molecule has 2 aliphatic carbocycles. The molecule has 162 valence electrons. The molecule has 0 atom stereocenters. The van der Waals surface area contributed by atoms with Gasteiger partial charge in [-0.25, -0.2) is 0 Å².